The normalized spacial score (nSPS) is 21.2. The Kier molecular flexibility index (Phi) is 7.00. The van der Waals surface area contributed by atoms with E-state index in [1.54, 1.807) is 12.1 Å². The summed E-state index contributed by atoms with van der Waals surface area (Å²) < 4.78 is 33.9. The molecule has 1 saturated carbocycles. The van der Waals surface area contributed by atoms with E-state index < -0.39 is 11.6 Å². The number of hydrogen-bond acceptors (Lipinski definition) is 2. The maximum atomic E-state index is 14.3. The van der Waals surface area contributed by atoms with Crippen LogP contribution in [0.4, 0.5) is 8.78 Å². The third-order valence-corrected chi connectivity index (χ3v) is 4.74. The number of hydrogen-bond donors (Lipinski definition) is 0. The predicted molar refractivity (Wildman–Crippen MR) is 86.8 cm³/mol. The summed E-state index contributed by atoms with van der Waals surface area (Å²) in [5, 5.41) is 0. The lowest BCUT2D eigenvalue weighted by Crippen LogP contribution is -2.15. The number of halogens is 2. The summed E-state index contributed by atoms with van der Waals surface area (Å²) in [4.78, 5) is 10.8. The number of unbranched alkanes of at least 4 members (excludes halogenated alkanes) is 3. The molecule has 0 amide bonds. The first-order valence-electron chi connectivity index (χ1n) is 8.73. The van der Waals surface area contributed by atoms with Crippen LogP contribution in [0.3, 0.4) is 0 Å². The van der Waals surface area contributed by atoms with Gasteiger partial charge in [0.2, 0.25) is 5.82 Å². The van der Waals surface area contributed by atoms with Crippen molar-refractivity contribution in [1.29, 1.82) is 0 Å². The first-order chi connectivity index (χ1) is 11.2. The smallest absolute Gasteiger partial charge is 0.200 e. The monoisotopic (exact) mass is 324 g/mol. The molecule has 1 fully saturated rings. The molecule has 1 aromatic rings. The van der Waals surface area contributed by atoms with Gasteiger partial charge in [0.1, 0.15) is 6.29 Å². The van der Waals surface area contributed by atoms with Crippen LogP contribution in [-0.4, -0.2) is 12.9 Å². The summed E-state index contributed by atoms with van der Waals surface area (Å²) in [6.07, 6.45) is 8.10. The maximum Gasteiger partial charge on any atom is 0.200 e. The first kappa shape index (κ1) is 17.9. The van der Waals surface area contributed by atoms with Gasteiger partial charge in [-0.2, -0.15) is 4.39 Å². The van der Waals surface area contributed by atoms with Gasteiger partial charge < -0.3 is 9.53 Å². The molecule has 4 heteroatoms. The number of aldehydes is 1. The topological polar surface area (TPSA) is 26.3 Å². The van der Waals surface area contributed by atoms with Crippen LogP contribution in [0, 0.1) is 17.6 Å². The Morgan fingerprint density at radius 2 is 1.83 bits per heavy atom. The molecular weight excluding hydrogens is 298 g/mol. The van der Waals surface area contributed by atoms with Crippen molar-refractivity contribution < 1.29 is 18.3 Å². The van der Waals surface area contributed by atoms with Gasteiger partial charge in [0.15, 0.2) is 11.6 Å². The van der Waals surface area contributed by atoms with Gasteiger partial charge in [-0.15, -0.1) is 0 Å². The largest absolute Gasteiger partial charge is 0.490 e. The summed E-state index contributed by atoms with van der Waals surface area (Å²) in [6, 6.07) is 3.19. The van der Waals surface area contributed by atoms with E-state index >= 15 is 0 Å². The average Bonchev–Trinajstić information content (AvgIpc) is 2.58. The van der Waals surface area contributed by atoms with Crippen LogP contribution < -0.4 is 4.74 Å². The van der Waals surface area contributed by atoms with Crippen molar-refractivity contribution in [1.82, 2.24) is 0 Å². The predicted octanol–water partition coefficient (Wildman–Crippen LogP) is 5.40. The van der Waals surface area contributed by atoms with E-state index in [1.165, 1.54) is 0 Å². The van der Waals surface area contributed by atoms with E-state index in [2.05, 4.69) is 6.92 Å². The minimum absolute atomic E-state index is 0.000644. The quantitative estimate of drug-likeness (QED) is 0.473. The van der Waals surface area contributed by atoms with E-state index in [-0.39, 0.29) is 17.6 Å². The van der Waals surface area contributed by atoms with Gasteiger partial charge in [0, 0.05) is 5.92 Å². The molecule has 0 heterocycles. The zero-order valence-electron chi connectivity index (χ0n) is 13.8. The maximum absolute atomic E-state index is 14.3. The van der Waals surface area contributed by atoms with Crippen molar-refractivity contribution in [3.05, 3.63) is 29.3 Å². The fraction of sp³-hybridized carbons (Fsp3) is 0.632. The van der Waals surface area contributed by atoms with Gasteiger partial charge in [0.25, 0.3) is 0 Å². The zero-order chi connectivity index (χ0) is 16.7. The molecule has 128 valence electrons. The van der Waals surface area contributed by atoms with E-state index in [4.69, 9.17) is 4.74 Å². The first-order valence-corrected chi connectivity index (χ1v) is 8.73. The molecular formula is C19H26F2O2. The third kappa shape index (κ3) is 4.76. The van der Waals surface area contributed by atoms with Gasteiger partial charge in [-0.25, -0.2) is 4.39 Å². The molecule has 2 rings (SSSR count). The SMILES string of the molecule is CCCCCCOc1ccc(C2CCC(C=O)CC2)c(F)c1F. The third-order valence-electron chi connectivity index (χ3n) is 4.74. The van der Waals surface area contributed by atoms with Crippen molar-refractivity contribution in [2.45, 2.75) is 64.2 Å². The minimum Gasteiger partial charge on any atom is -0.490 e. The number of ether oxygens (including phenoxy) is 1. The van der Waals surface area contributed by atoms with Crippen LogP contribution in [0.25, 0.3) is 0 Å². The molecule has 0 radical (unpaired) electrons. The molecule has 0 spiro atoms. The van der Waals surface area contributed by atoms with Gasteiger partial charge >= 0.3 is 0 Å². The van der Waals surface area contributed by atoms with E-state index in [9.17, 15) is 13.6 Å². The Morgan fingerprint density at radius 3 is 2.48 bits per heavy atom. The molecule has 0 unspecified atom stereocenters. The van der Waals surface area contributed by atoms with Crippen molar-refractivity contribution in [3.63, 3.8) is 0 Å². The molecule has 0 atom stereocenters. The highest BCUT2D eigenvalue weighted by Crippen LogP contribution is 2.38. The molecule has 0 aromatic heterocycles. The zero-order valence-corrected chi connectivity index (χ0v) is 13.8. The van der Waals surface area contributed by atoms with Crippen LogP contribution in [0.2, 0.25) is 0 Å². The highest BCUT2D eigenvalue weighted by molar-refractivity contribution is 5.53. The molecule has 1 aromatic carbocycles. The summed E-state index contributed by atoms with van der Waals surface area (Å²) in [5.74, 6) is -1.59. The van der Waals surface area contributed by atoms with Gasteiger partial charge in [0.05, 0.1) is 6.61 Å². The van der Waals surface area contributed by atoms with Crippen LogP contribution in [0.1, 0.15) is 69.8 Å². The second-order valence-corrected chi connectivity index (χ2v) is 6.44. The number of carbonyl (C=O) groups is 1. The van der Waals surface area contributed by atoms with Gasteiger partial charge in [-0.05, 0) is 49.7 Å². The Hall–Kier alpha value is -1.45. The van der Waals surface area contributed by atoms with Crippen molar-refractivity contribution >= 4 is 6.29 Å². The molecule has 0 aliphatic heterocycles. The molecule has 0 bridgehead atoms. The molecule has 1 aliphatic carbocycles. The lowest BCUT2D eigenvalue weighted by atomic mass is 9.79. The Balaban J connectivity index is 1.96. The van der Waals surface area contributed by atoms with Crippen molar-refractivity contribution in [2.24, 2.45) is 5.92 Å². The Morgan fingerprint density at radius 1 is 1.09 bits per heavy atom. The van der Waals surface area contributed by atoms with Crippen molar-refractivity contribution in [2.75, 3.05) is 6.61 Å². The summed E-state index contributed by atoms with van der Waals surface area (Å²) >= 11 is 0. The fourth-order valence-electron chi connectivity index (χ4n) is 3.25. The van der Waals surface area contributed by atoms with E-state index in [0.29, 0.717) is 12.2 Å². The molecule has 0 N–H and O–H groups in total. The lowest BCUT2D eigenvalue weighted by molar-refractivity contribution is -0.111. The van der Waals surface area contributed by atoms with Gasteiger partial charge in [-0.3, -0.25) is 0 Å². The van der Waals surface area contributed by atoms with E-state index in [0.717, 1.165) is 57.7 Å². The molecule has 0 saturated heterocycles. The Labute approximate surface area is 137 Å². The van der Waals surface area contributed by atoms with Crippen LogP contribution in [0.15, 0.2) is 12.1 Å². The van der Waals surface area contributed by atoms with Crippen LogP contribution in [-0.2, 0) is 4.79 Å². The van der Waals surface area contributed by atoms with Crippen LogP contribution >= 0.6 is 0 Å². The minimum atomic E-state index is -0.879. The molecule has 2 nitrogen and oxygen atoms in total. The fourth-order valence-corrected chi connectivity index (χ4v) is 3.25. The highest BCUT2D eigenvalue weighted by atomic mass is 19.2. The molecule has 1 aliphatic rings. The average molecular weight is 324 g/mol. The van der Waals surface area contributed by atoms with E-state index in [1.807, 2.05) is 0 Å². The highest BCUT2D eigenvalue weighted by Gasteiger charge is 2.26. The second-order valence-electron chi connectivity index (χ2n) is 6.44. The van der Waals surface area contributed by atoms with Gasteiger partial charge in [-0.1, -0.05) is 32.3 Å². The number of benzene rings is 1. The standard InChI is InChI=1S/C19H26F2O2/c1-2-3-4-5-12-23-17-11-10-16(18(20)19(17)21)15-8-6-14(13-22)7-9-15/h10-11,13-15H,2-9,12H2,1H3. The Bertz CT molecular complexity index is 508. The van der Waals surface area contributed by atoms with Crippen LogP contribution in [0.5, 0.6) is 5.75 Å². The lowest BCUT2D eigenvalue weighted by Gasteiger charge is -2.26. The second kappa shape index (κ2) is 8.99. The summed E-state index contributed by atoms with van der Waals surface area (Å²) in [5.41, 5.74) is 0.421. The summed E-state index contributed by atoms with van der Waals surface area (Å²) in [7, 11) is 0. The summed E-state index contributed by atoms with van der Waals surface area (Å²) in [6.45, 7) is 2.54. The van der Waals surface area contributed by atoms with Crippen molar-refractivity contribution in [3.8, 4) is 5.75 Å². The number of carbonyl (C=O) groups excluding carboxylic acids is 1. The number of rotatable bonds is 8. The molecule has 23 heavy (non-hydrogen) atoms.